The SMILES string of the molecule is Cc1cc(OC2CCCC2)c(C(=N)N)c(C)n1. The number of pyridine rings is 1. The molecule has 0 spiro atoms. The molecule has 1 saturated carbocycles. The van der Waals surface area contributed by atoms with Crippen molar-refractivity contribution in [2.24, 2.45) is 5.73 Å². The van der Waals surface area contributed by atoms with Gasteiger partial charge in [-0.3, -0.25) is 10.4 Å². The molecule has 0 bridgehead atoms. The van der Waals surface area contributed by atoms with Gasteiger partial charge in [0, 0.05) is 11.8 Å². The molecule has 0 amide bonds. The van der Waals surface area contributed by atoms with Crippen LogP contribution in [0.3, 0.4) is 0 Å². The minimum absolute atomic E-state index is 0.0306. The highest BCUT2D eigenvalue weighted by atomic mass is 16.5. The molecule has 3 N–H and O–H groups in total. The van der Waals surface area contributed by atoms with E-state index in [9.17, 15) is 0 Å². The van der Waals surface area contributed by atoms with Crippen molar-refractivity contribution in [2.45, 2.75) is 45.6 Å². The molecule has 1 fully saturated rings. The van der Waals surface area contributed by atoms with E-state index in [1.165, 1.54) is 12.8 Å². The minimum Gasteiger partial charge on any atom is -0.490 e. The molecule has 0 unspecified atom stereocenters. The molecule has 92 valence electrons. The molecule has 17 heavy (non-hydrogen) atoms. The summed E-state index contributed by atoms with van der Waals surface area (Å²) in [6.07, 6.45) is 4.91. The molecule has 1 heterocycles. The molecule has 4 nitrogen and oxygen atoms in total. The van der Waals surface area contributed by atoms with Crippen molar-refractivity contribution in [3.05, 3.63) is 23.0 Å². The molecule has 1 aromatic rings. The van der Waals surface area contributed by atoms with Gasteiger partial charge in [-0.15, -0.1) is 0 Å². The zero-order chi connectivity index (χ0) is 12.4. The zero-order valence-corrected chi connectivity index (χ0v) is 10.4. The Hall–Kier alpha value is -1.58. The summed E-state index contributed by atoms with van der Waals surface area (Å²) in [6.45, 7) is 3.80. The number of aromatic nitrogens is 1. The number of nitrogens with one attached hydrogen (secondary N) is 1. The van der Waals surface area contributed by atoms with Crippen LogP contribution in [-0.2, 0) is 0 Å². The minimum atomic E-state index is 0.0306. The molecule has 1 aliphatic carbocycles. The summed E-state index contributed by atoms with van der Waals surface area (Å²) >= 11 is 0. The van der Waals surface area contributed by atoms with E-state index >= 15 is 0 Å². The molecule has 0 saturated heterocycles. The second-order valence-corrected chi connectivity index (χ2v) is 4.66. The van der Waals surface area contributed by atoms with Gasteiger partial charge in [-0.2, -0.15) is 0 Å². The standard InChI is InChI=1S/C13H19N3O/c1-8-7-11(17-10-5-3-4-6-10)12(13(14)15)9(2)16-8/h7,10H,3-6H2,1-2H3,(H3,14,15). The van der Waals surface area contributed by atoms with E-state index in [1.54, 1.807) is 0 Å². The molecule has 1 aliphatic rings. The fraction of sp³-hybridized carbons (Fsp3) is 0.538. The van der Waals surface area contributed by atoms with E-state index in [-0.39, 0.29) is 11.9 Å². The van der Waals surface area contributed by atoms with Gasteiger partial charge in [0.1, 0.15) is 11.6 Å². The summed E-state index contributed by atoms with van der Waals surface area (Å²) in [5.41, 5.74) is 7.92. The summed E-state index contributed by atoms with van der Waals surface area (Å²) in [6, 6.07) is 1.88. The van der Waals surface area contributed by atoms with Gasteiger partial charge in [-0.1, -0.05) is 0 Å². The highest BCUT2D eigenvalue weighted by Crippen LogP contribution is 2.28. The third-order valence-corrected chi connectivity index (χ3v) is 3.16. The number of nitrogens with two attached hydrogens (primary N) is 1. The summed E-state index contributed by atoms with van der Waals surface area (Å²) in [5.74, 6) is 0.748. The topological polar surface area (TPSA) is 72.0 Å². The lowest BCUT2D eigenvalue weighted by Crippen LogP contribution is -2.19. The van der Waals surface area contributed by atoms with Gasteiger partial charge in [-0.05, 0) is 39.5 Å². The predicted molar refractivity (Wildman–Crippen MR) is 67.6 cm³/mol. The van der Waals surface area contributed by atoms with E-state index in [2.05, 4.69) is 4.98 Å². The van der Waals surface area contributed by atoms with Gasteiger partial charge < -0.3 is 10.5 Å². The number of ether oxygens (including phenoxy) is 1. The third kappa shape index (κ3) is 2.57. The van der Waals surface area contributed by atoms with E-state index in [0.717, 1.165) is 30.0 Å². The fourth-order valence-electron chi connectivity index (χ4n) is 2.40. The Morgan fingerprint density at radius 2 is 2.06 bits per heavy atom. The Labute approximate surface area is 102 Å². The van der Waals surface area contributed by atoms with Gasteiger partial charge in [0.25, 0.3) is 0 Å². The number of nitrogen functional groups attached to an aromatic ring is 1. The number of rotatable bonds is 3. The normalized spacial score (nSPS) is 16.1. The van der Waals surface area contributed by atoms with Crippen molar-refractivity contribution >= 4 is 5.84 Å². The zero-order valence-electron chi connectivity index (χ0n) is 10.4. The van der Waals surface area contributed by atoms with E-state index in [1.807, 2.05) is 19.9 Å². The fourth-order valence-corrected chi connectivity index (χ4v) is 2.40. The van der Waals surface area contributed by atoms with Crippen molar-refractivity contribution < 1.29 is 4.74 Å². The van der Waals surface area contributed by atoms with Gasteiger partial charge in [0.05, 0.1) is 17.4 Å². The summed E-state index contributed by atoms with van der Waals surface area (Å²) in [4.78, 5) is 4.33. The van der Waals surface area contributed by atoms with E-state index in [4.69, 9.17) is 15.9 Å². The Morgan fingerprint density at radius 3 is 2.65 bits per heavy atom. The van der Waals surface area contributed by atoms with Gasteiger partial charge in [-0.25, -0.2) is 0 Å². The van der Waals surface area contributed by atoms with Crippen LogP contribution in [0.25, 0.3) is 0 Å². The molecule has 4 heteroatoms. The number of hydrogen-bond acceptors (Lipinski definition) is 3. The molecular formula is C13H19N3O. The lowest BCUT2D eigenvalue weighted by Gasteiger charge is -2.17. The maximum absolute atomic E-state index is 7.62. The number of hydrogen-bond donors (Lipinski definition) is 2. The van der Waals surface area contributed by atoms with Gasteiger partial charge in [0.2, 0.25) is 0 Å². The van der Waals surface area contributed by atoms with Gasteiger partial charge >= 0.3 is 0 Å². The average Bonchev–Trinajstić information content (AvgIpc) is 2.68. The molecular weight excluding hydrogens is 214 g/mol. The number of nitrogens with zero attached hydrogens (tertiary/aromatic N) is 1. The van der Waals surface area contributed by atoms with Crippen LogP contribution in [-0.4, -0.2) is 16.9 Å². The van der Waals surface area contributed by atoms with Crippen LogP contribution in [0.1, 0.15) is 42.6 Å². The molecule has 0 atom stereocenters. The lowest BCUT2D eigenvalue weighted by atomic mass is 10.1. The summed E-state index contributed by atoms with van der Waals surface area (Å²) < 4.78 is 5.97. The van der Waals surface area contributed by atoms with Crippen LogP contribution in [0, 0.1) is 19.3 Å². The Bertz CT molecular complexity index is 437. The van der Waals surface area contributed by atoms with Crippen molar-refractivity contribution in [3.8, 4) is 5.75 Å². The monoisotopic (exact) mass is 233 g/mol. The van der Waals surface area contributed by atoms with Crippen molar-refractivity contribution in [1.29, 1.82) is 5.41 Å². The smallest absolute Gasteiger partial charge is 0.134 e. The molecule has 0 aliphatic heterocycles. The van der Waals surface area contributed by atoms with Crippen LogP contribution in [0.5, 0.6) is 5.75 Å². The highest BCUT2D eigenvalue weighted by molar-refractivity contribution is 5.98. The van der Waals surface area contributed by atoms with Crippen LogP contribution in [0.15, 0.2) is 6.07 Å². The first-order valence-corrected chi connectivity index (χ1v) is 6.07. The average molecular weight is 233 g/mol. The second-order valence-electron chi connectivity index (χ2n) is 4.66. The van der Waals surface area contributed by atoms with Gasteiger partial charge in [0.15, 0.2) is 0 Å². The van der Waals surface area contributed by atoms with E-state index < -0.39 is 0 Å². The maximum Gasteiger partial charge on any atom is 0.134 e. The Morgan fingerprint density at radius 1 is 1.41 bits per heavy atom. The maximum atomic E-state index is 7.62. The highest BCUT2D eigenvalue weighted by Gasteiger charge is 2.20. The first-order chi connectivity index (χ1) is 8.08. The molecule has 0 aromatic carbocycles. The summed E-state index contributed by atoms with van der Waals surface area (Å²) in [7, 11) is 0. The van der Waals surface area contributed by atoms with Crippen molar-refractivity contribution in [1.82, 2.24) is 4.98 Å². The quantitative estimate of drug-likeness (QED) is 0.621. The number of aryl methyl sites for hydroxylation is 2. The van der Waals surface area contributed by atoms with Crippen LogP contribution >= 0.6 is 0 Å². The van der Waals surface area contributed by atoms with Crippen LogP contribution in [0.4, 0.5) is 0 Å². The van der Waals surface area contributed by atoms with Crippen LogP contribution in [0.2, 0.25) is 0 Å². The van der Waals surface area contributed by atoms with Crippen LogP contribution < -0.4 is 10.5 Å². The molecule has 0 radical (unpaired) electrons. The Balaban J connectivity index is 2.32. The first kappa shape index (κ1) is 11.9. The van der Waals surface area contributed by atoms with Crippen molar-refractivity contribution in [3.63, 3.8) is 0 Å². The Kier molecular flexibility index (Phi) is 3.31. The predicted octanol–water partition coefficient (Wildman–Crippen LogP) is 2.30. The number of amidine groups is 1. The molecule has 1 aromatic heterocycles. The largest absolute Gasteiger partial charge is 0.490 e. The van der Waals surface area contributed by atoms with Crippen molar-refractivity contribution in [2.75, 3.05) is 0 Å². The first-order valence-electron chi connectivity index (χ1n) is 6.07. The third-order valence-electron chi connectivity index (χ3n) is 3.16. The summed E-state index contributed by atoms with van der Waals surface area (Å²) in [5, 5.41) is 7.62. The van der Waals surface area contributed by atoms with E-state index in [0.29, 0.717) is 5.56 Å². The second kappa shape index (κ2) is 4.73. The molecule has 2 rings (SSSR count). The lowest BCUT2D eigenvalue weighted by molar-refractivity contribution is 0.209.